The van der Waals surface area contributed by atoms with Gasteiger partial charge in [-0.15, -0.1) is 0 Å². The summed E-state index contributed by atoms with van der Waals surface area (Å²) < 4.78 is 0. The third-order valence-corrected chi connectivity index (χ3v) is 5.44. The van der Waals surface area contributed by atoms with Gasteiger partial charge in [0, 0.05) is 31.0 Å². The number of aryl methyl sites for hydroxylation is 2. The topological polar surface area (TPSA) is 72.1 Å². The van der Waals surface area contributed by atoms with Crippen molar-refractivity contribution in [1.29, 1.82) is 0 Å². The molecule has 0 bridgehead atoms. The van der Waals surface area contributed by atoms with Crippen molar-refractivity contribution in [3.8, 4) is 0 Å². The van der Waals surface area contributed by atoms with Crippen molar-refractivity contribution in [2.75, 3.05) is 18.8 Å². The molecule has 1 saturated heterocycles. The lowest BCUT2D eigenvalue weighted by atomic mass is 9.92. The van der Waals surface area contributed by atoms with Gasteiger partial charge in [0.1, 0.15) is 5.82 Å². The van der Waals surface area contributed by atoms with Gasteiger partial charge in [0.15, 0.2) is 0 Å². The Kier molecular flexibility index (Phi) is 4.38. The largest absolute Gasteiger partial charge is 0.382 e. The Hall–Kier alpha value is -2.43. The number of nitrogen functional groups attached to an aromatic ring is 1. The van der Waals surface area contributed by atoms with Crippen LogP contribution in [0.3, 0.4) is 0 Å². The van der Waals surface area contributed by atoms with Gasteiger partial charge in [-0.25, -0.2) is 4.98 Å². The molecular formula is C20H24N4O. The van der Waals surface area contributed by atoms with Gasteiger partial charge >= 0.3 is 0 Å². The Bertz CT molecular complexity index is 789. The molecule has 130 valence electrons. The van der Waals surface area contributed by atoms with Crippen LogP contribution in [0.25, 0.3) is 0 Å². The fourth-order valence-corrected chi connectivity index (χ4v) is 4.11. The zero-order chi connectivity index (χ0) is 17.2. The third-order valence-electron chi connectivity index (χ3n) is 5.44. The van der Waals surface area contributed by atoms with E-state index in [-0.39, 0.29) is 5.91 Å². The van der Waals surface area contributed by atoms with Crippen LogP contribution >= 0.6 is 0 Å². The molecule has 5 heteroatoms. The zero-order valence-corrected chi connectivity index (χ0v) is 14.4. The maximum atomic E-state index is 12.9. The molecular weight excluding hydrogens is 312 g/mol. The molecule has 2 heterocycles. The van der Waals surface area contributed by atoms with E-state index in [2.05, 4.69) is 22.1 Å². The molecule has 2 aromatic rings. The first-order chi connectivity index (χ1) is 12.2. The molecule has 1 fully saturated rings. The zero-order valence-electron chi connectivity index (χ0n) is 14.4. The second kappa shape index (κ2) is 6.82. The predicted molar refractivity (Wildman–Crippen MR) is 97.2 cm³/mol. The number of rotatable bonds is 3. The molecule has 2 aliphatic rings. The summed E-state index contributed by atoms with van der Waals surface area (Å²) in [5.74, 6) is 1.06. The van der Waals surface area contributed by atoms with Crippen molar-refractivity contribution >= 4 is 11.7 Å². The Morgan fingerprint density at radius 3 is 2.88 bits per heavy atom. The van der Waals surface area contributed by atoms with Crippen molar-refractivity contribution in [1.82, 2.24) is 14.9 Å². The van der Waals surface area contributed by atoms with E-state index in [4.69, 9.17) is 5.73 Å². The monoisotopic (exact) mass is 336 g/mol. The van der Waals surface area contributed by atoms with E-state index in [9.17, 15) is 4.79 Å². The maximum Gasteiger partial charge on any atom is 0.253 e. The van der Waals surface area contributed by atoms with E-state index in [1.165, 1.54) is 17.5 Å². The molecule has 4 rings (SSSR count). The molecule has 0 spiro atoms. The number of aromatic nitrogens is 2. The van der Waals surface area contributed by atoms with E-state index >= 15 is 0 Å². The van der Waals surface area contributed by atoms with Crippen LogP contribution in [0.5, 0.6) is 0 Å². The molecule has 0 saturated carbocycles. The van der Waals surface area contributed by atoms with E-state index < -0.39 is 0 Å². The average Bonchev–Trinajstić information content (AvgIpc) is 3.11. The van der Waals surface area contributed by atoms with Crippen molar-refractivity contribution < 1.29 is 4.79 Å². The molecule has 0 radical (unpaired) electrons. The first-order valence-corrected chi connectivity index (χ1v) is 9.17. The number of hydrogen-bond acceptors (Lipinski definition) is 4. The van der Waals surface area contributed by atoms with Gasteiger partial charge in [-0.2, -0.15) is 0 Å². The lowest BCUT2D eigenvalue weighted by molar-refractivity contribution is 0.0673. The van der Waals surface area contributed by atoms with E-state index in [1.807, 2.05) is 11.0 Å². The number of fused-ring (bicyclic) bond motifs is 1. The quantitative estimate of drug-likeness (QED) is 0.935. The highest BCUT2D eigenvalue weighted by atomic mass is 16.2. The fourth-order valence-electron chi connectivity index (χ4n) is 4.11. The molecule has 1 aliphatic heterocycles. The van der Waals surface area contributed by atoms with Crippen molar-refractivity contribution in [2.24, 2.45) is 5.92 Å². The molecule has 1 amide bonds. The number of likely N-dealkylation sites (tertiary alicyclic amines) is 1. The van der Waals surface area contributed by atoms with Crippen LogP contribution in [0, 0.1) is 5.92 Å². The second-order valence-corrected chi connectivity index (χ2v) is 7.19. The van der Waals surface area contributed by atoms with Gasteiger partial charge in [-0.05, 0) is 67.7 Å². The van der Waals surface area contributed by atoms with Crippen molar-refractivity contribution in [3.63, 3.8) is 0 Å². The summed E-state index contributed by atoms with van der Waals surface area (Å²) in [5, 5.41) is 0. The van der Waals surface area contributed by atoms with Crippen molar-refractivity contribution in [2.45, 2.75) is 38.5 Å². The van der Waals surface area contributed by atoms with Crippen molar-refractivity contribution in [3.05, 3.63) is 53.0 Å². The van der Waals surface area contributed by atoms with E-state index in [0.717, 1.165) is 56.5 Å². The first-order valence-electron chi connectivity index (χ1n) is 9.17. The molecule has 1 aromatic carbocycles. The number of piperidine rings is 1. The van der Waals surface area contributed by atoms with Gasteiger partial charge in [0.05, 0.1) is 5.69 Å². The van der Waals surface area contributed by atoms with Crippen LogP contribution in [-0.2, 0) is 19.3 Å². The summed E-state index contributed by atoms with van der Waals surface area (Å²) in [7, 11) is 0. The molecule has 5 nitrogen and oxygen atoms in total. The number of nitrogens with two attached hydrogens (primary N) is 1. The number of amides is 1. The molecule has 1 aromatic heterocycles. The average molecular weight is 336 g/mol. The Morgan fingerprint density at radius 2 is 2.00 bits per heavy atom. The number of benzene rings is 1. The van der Waals surface area contributed by atoms with Gasteiger partial charge in [-0.1, -0.05) is 6.07 Å². The molecule has 1 atom stereocenters. The smallest absolute Gasteiger partial charge is 0.253 e. The summed E-state index contributed by atoms with van der Waals surface area (Å²) in [5.41, 5.74) is 10.4. The minimum Gasteiger partial charge on any atom is -0.382 e. The number of anilines is 1. The summed E-state index contributed by atoms with van der Waals surface area (Å²) in [6.45, 7) is 1.61. The highest BCUT2D eigenvalue weighted by molar-refractivity contribution is 5.94. The highest BCUT2D eigenvalue weighted by Gasteiger charge is 2.26. The van der Waals surface area contributed by atoms with Crippen LogP contribution in [-0.4, -0.2) is 33.9 Å². The normalized spacial score (nSPS) is 19.7. The van der Waals surface area contributed by atoms with Gasteiger partial charge in [0.25, 0.3) is 5.91 Å². The highest BCUT2D eigenvalue weighted by Crippen LogP contribution is 2.26. The Morgan fingerprint density at radius 1 is 1.16 bits per heavy atom. The number of nitrogens with zero attached hydrogens (tertiary/aromatic N) is 3. The third kappa shape index (κ3) is 3.36. The van der Waals surface area contributed by atoms with Crippen LogP contribution < -0.4 is 5.73 Å². The van der Waals surface area contributed by atoms with Crippen LogP contribution in [0.1, 0.15) is 46.4 Å². The van der Waals surface area contributed by atoms with E-state index in [1.54, 1.807) is 12.4 Å². The Labute approximate surface area is 148 Å². The van der Waals surface area contributed by atoms with Gasteiger partial charge < -0.3 is 10.6 Å². The Balaban J connectivity index is 1.45. The van der Waals surface area contributed by atoms with Crippen LogP contribution in [0.15, 0.2) is 30.6 Å². The summed E-state index contributed by atoms with van der Waals surface area (Å²) >= 11 is 0. The first kappa shape index (κ1) is 16.1. The molecule has 2 N–H and O–H groups in total. The van der Waals surface area contributed by atoms with Crippen LogP contribution in [0.4, 0.5) is 5.82 Å². The maximum absolute atomic E-state index is 12.9. The summed E-state index contributed by atoms with van der Waals surface area (Å²) in [6.07, 6.45) is 9.67. The number of carbonyl (C=O) groups excluding carboxylic acids is 1. The molecule has 1 aliphatic carbocycles. The second-order valence-electron chi connectivity index (χ2n) is 7.19. The number of carbonyl (C=O) groups is 1. The van der Waals surface area contributed by atoms with Gasteiger partial charge in [-0.3, -0.25) is 9.78 Å². The van der Waals surface area contributed by atoms with E-state index in [0.29, 0.717) is 11.7 Å². The molecule has 1 unspecified atom stereocenters. The van der Waals surface area contributed by atoms with Gasteiger partial charge in [0.2, 0.25) is 0 Å². The summed E-state index contributed by atoms with van der Waals surface area (Å²) in [6, 6.07) is 6.24. The minimum atomic E-state index is 0.159. The summed E-state index contributed by atoms with van der Waals surface area (Å²) in [4.78, 5) is 23.4. The minimum absolute atomic E-state index is 0.159. The predicted octanol–water partition coefficient (Wildman–Crippen LogP) is 2.64. The SMILES string of the molecule is Nc1nccnc1CC1CCCN(C(=O)c2ccc3c(c2)CCC3)C1. The standard InChI is InChI=1S/C20H24N4O/c21-19-18(22-8-9-23-19)11-14-3-2-10-24(13-14)20(25)17-7-6-15-4-1-5-16(15)12-17/h6-9,12,14H,1-5,10-11,13H2,(H2,21,23). The lowest BCUT2D eigenvalue weighted by Gasteiger charge is -2.33. The molecule has 25 heavy (non-hydrogen) atoms. The number of hydrogen-bond donors (Lipinski definition) is 1. The van der Waals surface area contributed by atoms with Crippen LogP contribution in [0.2, 0.25) is 0 Å². The lowest BCUT2D eigenvalue weighted by Crippen LogP contribution is -2.40. The fraction of sp³-hybridized carbons (Fsp3) is 0.450.